The number of amides is 1. The molecule has 0 aliphatic carbocycles. The van der Waals surface area contributed by atoms with Crippen LogP contribution in [0.3, 0.4) is 0 Å². The molecule has 0 bridgehead atoms. The molecule has 7 heteroatoms. The Bertz CT molecular complexity index is 730. The highest BCUT2D eigenvalue weighted by Crippen LogP contribution is 2.20. The van der Waals surface area contributed by atoms with E-state index in [1.807, 2.05) is 19.1 Å². The fourth-order valence-corrected chi connectivity index (χ4v) is 2.25. The highest BCUT2D eigenvalue weighted by molar-refractivity contribution is 5.94. The summed E-state index contributed by atoms with van der Waals surface area (Å²) < 4.78 is 28.5. The van der Waals surface area contributed by atoms with Crippen molar-refractivity contribution in [3.05, 3.63) is 65.2 Å². The summed E-state index contributed by atoms with van der Waals surface area (Å²) in [5, 5.41) is 11.7. The Morgan fingerprint density at radius 3 is 2.20 bits per heavy atom. The van der Waals surface area contributed by atoms with E-state index in [-0.39, 0.29) is 17.7 Å². The monoisotopic (exact) mass is 349 g/mol. The third kappa shape index (κ3) is 5.56. The highest BCUT2D eigenvalue weighted by Gasteiger charge is 2.19. The van der Waals surface area contributed by atoms with Gasteiger partial charge >= 0.3 is 12.6 Å². The minimum Gasteiger partial charge on any atom is -0.481 e. The van der Waals surface area contributed by atoms with Gasteiger partial charge in [0.1, 0.15) is 5.75 Å². The molecule has 1 atom stereocenters. The first-order valence-electron chi connectivity index (χ1n) is 7.49. The normalized spacial score (nSPS) is 11.8. The average Bonchev–Trinajstić information content (AvgIpc) is 2.54. The second-order valence-corrected chi connectivity index (χ2v) is 5.44. The number of carboxylic acids is 1. The van der Waals surface area contributed by atoms with Gasteiger partial charge in [0.15, 0.2) is 0 Å². The SMILES string of the molecule is Cc1ccc([C@H](CC(=O)O)NC(=O)c2ccc(OC(F)F)cc2)cc1. The molecule has 0 unspecified atom stereocenters. The van der Waals surface area contributed by atoms with E-state index >= 15 is 0 Å². The van der Waals surface area contributed by atoms with Crippen LogP contribution in [0.15, 0.2) is 48.5 Å². The smallest absolute Gasteiger partial charge is 0.387 e. The third-order valence-electron chi connectivity index (χ3n) is 3.51. The molecule has 5 nitrogen and oxygen atoms in total. The number of carbonyl (C=O) groups excluding carboxylic acids is 1. The van der Waals surface area contributed by atoms with Crippen molar-refractivity contribution in [2.24, 2.45) is 0 Å². The summed E-state index contributed by atoms with van der Waals surface area (Å²) in [6.45, 7) is -1.04. The summed E-state index contributed by atoms with van der Waals surface area (Å²) >= 11 is 0. The Kier molecular flexibility index (Phi) is 6.05. The average molecular weight is 349 g/mol. The number of aliphatic carboxylic acids is 1. The molecule has 0 heterocycles. The van der Waals surface area contributed by atoms with Gasteiger partial charge in [-0.2, -0.15) is 8.78 Å². The Balaban J connectivity index is 2.13. The van der Waals surface area contributed by atoms with Gasteiger partial charge in [0, 0.05) is 5.56 Å². The number of aryl methyl sites for hydroxylation is 1. The van der Waals surface area contributed by atoms with Crippen LogP contribution < -0.4 is 10.1 Å². The predicted molar refractivity (Wildman–Crippen MR) is 86.7 cm³/mol. The zero-order chi connectivity index (χ0) is 18.4. The van der Waals surface area contributed by atoms with Gasteiger partial charge < -0.3 is 15.2 Å². The van der Waals surface area contributed by atoms with Crippen molar-refractivity contribution >= 4 is 11.9 Å². The molecule has 0 fully saturated rings. The Morgan fingerprint density at radius 1 is 1.08 bits per heavy atom. The fourth-order valence-electron chi connectivity index (χ4n) is 2.25. The number of hydrogen-bond donors (Lipinski definition) is 2. The van der Waals surface area contributed by atoms with Crippen LogP contribution in [0.4, 0.5) is 8.78 Å². The molecular weight excluding hydrogens is 332 g/mol. The van der Waals surface area contributed by atoms with E-state index in [0.29, 0.717) is 5.56 Å². The van der Waals surface area contributed by atoms with E-state index in [2.05, 4.69) is 10.1 Å². The quantitative estimate of drug-likeness (QED) is 0.802. The maximum absolute atomic E-state index is 12.3. The van der Waals surface area contributed by atoms with Crippen molar-refractivity contribution in [1.82, 2.24) is 5.32 Å². The highest BCUT2D eigenvalue weighted by atomic mass is 19.3. The number of alkyl halides is 2. The molecule has 132 valence electrons. The zero-order valence-electron chi connectivity index (χ0n) is 13.4. The standard InChI is InChI=1S/C18H17F2NO4/c1-11-2-4-12(5-3-11)15(10-16(22)23)21-17(24)13-6-8-14(9-7-13)25-18(19)20/h2-9,15,18H,10H2,1H3,(H,21,24)(H,22,23)/t15-/m0/s1. The Labute approximate surface area is 143 Å². The molecule has 0 aliphatic heterocycles. The molecule has 0 radical (unpaired) electrons. The summed E-state index contributed by atoms with van der Waals surface area (Å²) in [7, 11) is 0. The number of nitrogens with one attached hydrogen (secondary N) is 1. The molecule has 0 spiro atoms. The van der Waals surface area contributed by atoms with Crippen molar-refractivity contribution in [2.45, 2.75) is 26.0 Å². The lowest BCUT2D eigenvalue weighted by Crippen LogP contribution is -2.30. The summed E-state index contributed by atoms with van der Waals surface area (Å²) in [5.41, 5.74) is 1.89. The molecule has 1 amide bonds. The summed E-state index contributed by atoms with van der Waals surface area (Å²) in [6, 6.07) is 11.6. The lowest BCUT2D eigenvalue weighted by Gasteiger charge is -2.18. The van der Waals surface area contributed by atoms with E-state index in [1.54, 1.807) is 12.1 Å². The second-order valence-electron chi connectivity index (χ2n) is 5.44. The number of hydrogen-bond acceptors (Lipinski definition) is 3. The van der Waals surface area contributed by atoms with Crippen LogP contribution >= 0.6 is 0 Å². The van der Waals surface area contributed by atoms with Gasteiger partial charge in [-0.3, -0.25) is 9.59 Å². The molecule has 0 saturated carbocycles. The van der Waals surface area contributed by atoms with E-state index in [1.165, 1.54) is 24.3 Å². The van der Waals surface area contributed by atoms with Gasteiger partial charge in [-0.05, 0) is 36.8 Å². The van der Waals surface area contributed by atoms with E-state index in [0.717, 1.165) is 5.56 Å². The van der Waals surface area contributed by atoms with Gasteiger partial charge in [0.25, 0.3) is 5.91 Å². The van der Waals surface area contributed by atoms with Crippen LogP contribution in [-0.2, 0) is 4.79 Å². The van der Waals surface area contributed by atoms with E-state index < -0.39 is 24.5 Å². The van der Waals surface area contributed by atoms with E-state index in [4.69, 9.17) is 5.11 Å². The van der Waals surface area contributed by atoms with E-state index in [9.17, 15) is 18.4 Å². The minimum atomic E-state index is -2.94. The first-order valence-corrected chi connectivity index (χ1v) is 7.49. The van der Waals surface area contributed by atoms with Crippen molar-refractivity contribution < 1.29 is 28.2 Å². The summed E-state index contributed by atoms with van der Waals surface area (Å²) in [4.78, 5) is 23.4. The number of halogens is 2. The van der Waals surface area contributed by atoms with Crippen molar-refractivity contribution in [3.8, 4) is 5.75 Å². The maximum Gasteiger partial charge on any atom is 0.387 e. The molecular formula is C18H17F2NO4. The number of carboxylic acid groups (broad SMARTS) is 1. The third-order valence-corrected chi connectivity index (χ3v) is 3.51. The fraction of sp³-hybridized carbons (Fsp3) is 0.222. The van der Waals surface area contributed by atoms with Gasteiger partial charge in [0.2, 0.25) is 0 Å². The van der Waals surface area contributed by atoms with Crippen LogP contribution in [0, 0.1) is 6.92 Å². The zero-order valence-corrected chi connectivity index (χ0v) is 13.4. The number of benzene rings is 2. The molecule has 2 N–H and O–H groups in total. The molecule has 25 heavy (non-hydrogen) atoms. The largest absolute Gasteiger partial charge is 0.481 e. The maximum atomic E-state index is 12.3. The van der Waals surface area contributed by atoms with Gasteiger partial charge in [-0.15, -0.1) is 0 Å². The minimum absolute atomic E-state index is 0.0628. The van der Waals surface area contributed by atoms with Crippen LogP contribution in [0.2, 0.25) is 0 Å². The van der Waals surface area contributed by atoms with Crippen LogP contribution in [-0.4, -0.2) is 23.6 Å². The van der Waals surface area contributed by atoms with Gasteiger partial charge in [-0.25, -0.2) is 0 Å². The van der Waals surface area contributed by atoms with Crippen molar-refractivity contribution in [3.63, 3.8) is 0 Å². The number of rotatable bonds is 7. The first kappa shape index (κ1) is 18.4. The molecule has 0 saturated heterocycles. The van der Waals surface area contributed by atoms with Crippen LogP contribution in [0.25, 0.3) is 0 Å². The Morgan fingerprint density at radius 2 is 1.68 bits per heavy atom. The number of carbonyl (C=O) groups is 2. The molecule has 2 aromatic rings. The summed E-state index contributed by atoms with van der Waals surface area (Å²) in [5.74, 6) is -1.62. The Hall–Kier alpha value is -2.96. The van der Waals surface area contributed by atoms with Crippen molar-refractivity contribution in [2.75, 3.05) is 0 Å². The van der Waals surface area contributed by atoms with Crippen molar-refractivity contribution in [1.29, 1.82) is 0 Å². The lowest BCUT2D eigenvalue weighted by atomic mass is 10.0. The van der Waals surface area contributed by atoms with Gasteiger partial charge in [-0.1, -0.05) is 29.8 Å². The molecule has 2 rings (SSSR count). The predicted octanol–water partition coefficient (Wildman–Crippen LogP) is 3.54. The van der Waals surface area contributed by atoms with Crippen LogP contribution in [0.1, 0.15) is 33.9 Å². The molecule has 0 aliphatic rings. The van der Waals surface area contributed by atoms with Crippen LogP contribution in [0.5, 0.6) is 5.75 Å². The molecule has 0 aromatic heterocycles. The molecule has 2 aromatic carbocycles. The summed E-state index contributed by atoms with van der Waals surface area (Å²) in [6.07, 6.45) is -0.276. The number of ether oxygens (including phenoxy) is 1. The first-order chi connectivity index (χ1) is 11.8. The lowest BCUT2D eigenvalue weighted by molar-refractivity contribution is -0.137. The topological polar surface area (TPSA) is 75.6 Å². The van der Waals surface area contributed by atoms with Gasteiger partial charge in [0.05, 0.1) is 12.5 Å². The second kappa shape index (κ2) is 8.23.